The van der Waals surface area contributed by atoms with Crippen LogP contribution in [0.4, 0.5) is 5.69 Å². The molecule has 0 atom stereocenters. The highest BCUT2D eigenvalue weighted by Gasteiger charge is 2.25. The van der Waals surface area contributed by atoms with Crippen molar-refractivity contribution in [1.29, 1.82) is 0 Å². The summed E-state index contributed by atoms with van der Waals surface area (Å²) in [5, 5.41) is 0. The van der Waals surface area contributed by atoms with Crippen molar-refractivity contribution in [2.75, 3.05) is 38.2 Å². The first kappa shape index (κ1) is 24.8. The third-order valence-corrected chi connectivity index (χ3v) is 7.95. The number of likely N-dealkylation sites (tertiary alicyclic amines) is 1. The van der Waals surface area contributed by atoms with Gasteiger partial charge in [0.25, 0.3) is 0 Å². The van der Waals surface area contributed by atoms with Gasteiger partial charge >= 0.3 is 0 Å². The first-order chi connectivity index (χ1) is 16.7. The van der Waals surface area contributed by atoms with E-state index < -0.39 is 0 Å². The van der Waals surface area contributed by atoms with Gasteiger partial charge in [-0.05, 0) is 86.4 Å². The molecule has 0 aromatic heterocycles. The van der Waals surface area contributed by atoms with E-state index in [1.807, 2.05) is 6.07 Å². The van der Waals surface area contributed by atoms with E-state index in [-0.39, 0.29) is 0 Å². The SMILES string of the molecule is CCc1ccc(N(CCN2CCC(c3ccccc3OC)CC2)C(=O)CC2CCCCC2)cc1. The van der Waals surface area contributed by atoms with E-state index in [2.05, 4.69) is 59.2 Å². The summed E-state index contributed by atoms with van der Waals surface area (Å²) in [6.45, 7) is 6.03. The van der Waals surface area contributed by atoms with Crippen LogP contribution in [0.3, 0.4) is 0 Å². The second-order valence-electron chi connectivity index (χ2n) is 10.1. The number of aryl methyl sites for hydroxylation is 1. The molecule has 1 saturated carbocycles. The van der Waals surface area contributed by atoms with Gasteiger partial charge in [-0.1, -0.05) is 56.5 Å². The number of carbonyl (C=O) groups excluding carboxylic acids is 1. The van der Waals surface area contributed by atoms with Crippen molar-refractivity contribution >= 4 is 11.6 Å². The third-order valence-electron chi connectivity index (χ3n) is 7.95. The highest BCUT2D eigenvalue weighted by atomic mass is 16.5. The second kappa shape index (κ2) is 12.4. The first-order valence-corrected chi connectivity index (χ1v) is 13.4. The van der Waals surface area contributed by atoms with Crippen LogP contribution >= 0.6 is 0 Å². The van der Waals surface area contributed by atoms with Crippen LogP contribution in [-0.4, -0.2) is 44.1 Å². The summed E-state index contributed by atoms with van der Waals surface area (Å²) < 4.78 is 5.60. The molecule has 4 rings (SSSR count). The summed E-state index contributed by atoms with van der Waals surface area (Å²) >= 11 is 0. The van der Waals surface area contributed by atoms with Gasteiger partial charge < -0.3 is 14.5 Å². The van der Waals surface area contributed by atoms with E-state index in [0.29, 0.717) is 24.2 Å². The molecule has 0 spiro atoms. The number of carbonyl (C=O) groups is 1. The monoisotopic (exact) mass is 462 g/mol. The maximum Gasteiger partial charge on any atom is 0.227 e. The number of ether oxygens (including phenoxy) is 1. The Balaban J connectivity index is 1.36. The first-order valence-electron chi connectivity index (χ1n) is 13.4. The van der Waals surface area contributed by atoms with Crippen molar-refractivity contribution in [3.05, 3.63) is 59.7 Å². The fraction of sp³-hybridized carbons (Fsp3) is 0.567. The molecule has 1 amide bonds. The van der Waals surface area contributed by atoms with Crippen molar-refractivity contribution in [3.8, 4) is 5.75 Å². The molecular weight excluding hydrogens is 420 g/mol. The molecule has 2 fully saturated rings. The molecule has 1 saturated heterocycles. The van der Waals surface area contributed by atoms with Gasteiger partial charge in [0.1, 0.15) is 5.75 Å². The quantitative estimate of drug-likeness (QED) is 0.430. The van der Waals surface area contributed by atoms with Crippen LogP contribution in [0.1, 0.15) is 75.3 Å². The Kier molecular flexibility index (Phi) is 9.04. The average molecular weight is 463 g/mol. The number of anilines is 1. The molecule has 2 aromatic carbocycles. The van der Waals surface area contributed by atoms with Gasteiger partial charge in [-0.2, -0.15) is 0 Å². The molecule has 0 unspecified atom stereocenters. The van der Waals surface area contributed by atoms with Crippen LogP contribution < -0.4 is 9.64 Å². The predicted molar refractivity (Wildman–Crippen MR) is 141 cm³/mol. The largest absolute Gasteiger partial charge is 0.496 e. The molecule has 1 aliphatic carbocycles. The van der Waals surface area contributed by atoms with Crippen LogP contribution in [0.25, 0.3) is 0 Å². The predicted octanol–water partition coefficient (Wildman–Crippen LogP) is 6.44. The van der Waals surface area contributed by atoms with Crippen LogP contribution in [0.5, 0.6) is 5.75 Å². The van der Waals surface area contributed by atoms with Gasteiger partial charge in [0.2, 0.25) is 5.91 Å². The van der Waals surface area contributed by atoms with Crippen LogP contribution in [0.2, 0.25) is 0 Å². The minimum atomic E-state index is 0.306. The zero-order chi connectivity index (χ0) is 23.8. The molecule has 0 N–H and O–H groups in total. The molecule has 4 nitrogen and oxygen atoms in total. The molecule has 1 heterocycles. The Morgan fingerprint density at radius 3 is 2.35 bits per heavy atom. The molecule has 1 aliphatic heterocycles. The minimum Gasteiger partial charge on any atom is -0.496 e. The van der Waals surface area contributed by atoms with Gasteiger partial charge in [0, 0.05) is 25.2 Å². The second-order valence-corrected chi connectivity index (χ2v) is 10.1. The Hall–Kier alpha value is -2.33. The number of para-hydroxylation sites is 1. The summed E-state index contributed by atoms with van der Waals surface area (Å²) in [6.07, 6.45) is 10.3. The van der Waals surface area contributed by atoms with E-state index in [0.717, 1.165) is 56.9 Å². The van der Waals surface area contributed by atoms with E-state index in [1.165, 1.54) is 43.2 Å². The van der Waals surface area contributed by atoms with Crippen LogP contribution in [0.15, 0.2) is 48.5 Å². The fourth-order valence-corrected chi connectivity index (χ4v) is 5.77. The van der Waals surface area contributed by atoms with E-state index in [1.54, 1.807) is 7.11 Å². The Morgan fingerprint density at radius 2 is 1.68 bits per heavy atom. The lowest BCUT2D eigenvalue weighted by Crippen LogP contribution is -2.42. The zero-order valence-corrected chi connectivity index (χ0v) is 21.2. The standard InChI is InChI=1S/C30H42N2O2/c1-3-24-13-15-27(16-14-24)32(30(33)23-25-9-5-4-6-10-25)22-21-31-19-17-26(18-20-31)28-11-7-8-12-29(28)34-2/h7-8,11-16,25-26H,3-6,9-10,17-23H2,1-2H3. The molecule has 2 aromatic rings. The average Bonchev–Trinajstić information content (AvgIpc) is 2.90. The van der Waals surface area contributed by atoms with Crippen molar-refractivity contribution in [1.82, 2.24) is 4.90 Å². The number of methoxy groups -OCH3 is 1. The number of nitrogens with zero attached hydrogens (tertiary/aromatic N) is 2. The fourth-order valence-electron chi connectivity index (χ4n) is 5.77. The van der Waals surface area contributed by atoms with Gasteiger partial charge in [-0.15, -0.1) is 0 Å². The Labute approximate surface area is 206 Å². The number of rotatable bonds is 9. The number of hydrogen-bond acceptors (Lipinski definition) is 3. The number of benzene rings is 2. The van der Waals surface area contributed by atoms with Crippen molar-refractivity contribution in [3.63, 3.8) is 0 Å². The molecule has 4 heteroatoms. The normalized spacial score (nSPS) is 18.1. The lowest BCUT2D eigenvalue weighted by molar-refractivity contribution is -0.119. The van der Waals surface area contributed by atoms with Gasteiger partial charge in [0.05, 0.1) is 7.11 Å². The van der Waals surface area contributed by atoms with Crippen LogP contribution in [0, 0.1) is 5.92 Å². The van der Waals surface area contributed by atoms with Gasteiger partial charge in [-0.3, -0.25) is 4.79 Å². The van der Waals surface area contributed by atoms with Crippen molar-refractivity contribution in [2.24, 2.45) is 5.92 Å². The van der Waals surface area contributed by atoms with Crippen molar-refractivity contribution in [2.45, 2.75) is 70.6 Å². The maximum absolute atomic E-state index is 13.4. The topological polar surface area (TPSA) is 32.8 Å². The zero-order valence-electron chi connectivity index (χ0n) is 21.2. The number of hydrogen-bond donors (Lipinski definition) is 0. The molecular formula is C30H42N2O2. The summed E-state index contributed by atoms with van der Waals surface area (Å²) in [6, 6.07) is 17.1. The lowest BCUT2D eigenvalue weighted by atomic mass is 9.86. The summed E-state index contributed by atoms with van der Waals surface area (Å²) in [7, 11) is 1.76. The van der Waals surface area contributed by atoms with Gasteiger partial charge in [0.15, 0.2) is 0 Å². The number of amides is 1. The Bertz CT molecular complexity index is 896. The third kappa shape index (κ3) is 6.41. The molecule has 2 aliphatic rings. The maximum atomic E-state index is 13.4. The smallest absolute Gasteiger partial charge is 0.227 e. The summed E-state index contributed by atoms with van der Waals surface area (Å²) in [5.74, 6) is 2.43. The molecule has 184 valence electrons. The highest BCUT2D eigenvalue weighted by molar-refractivity contribution is 5.93. The number of piperidine rings is 1. The van der Waals surface area contributed by atoms with Crippen LogP contribution in [-0.2, 0) is 11.2 Å². The summed E-state index contributed by atoms with van der Waals surface area (Å²) in [5.41, 5.74) is 3.72. The van der Waals surface area contributed by atoms with Gasteiger partial charge in [-0.25, -0.2) is 0 Å². The van der Waals surface area contributed by atoms with E-state index >= 15 is 0 Å². The van der Waals surface area contributed by atoms with E-state index in [9.17, 15) is 4.79 Å². The Morgan fingerprint density at radius 1 is 0.971 bits per heavy atom. The van der Waals surface area contributed by atoms with E-state index in [4.69, 9.17) is 4.74 Å². The van der Waals surface area contributed by atoms with Crippen molar-refractivity contribution < 1.29 is 9.53 Å². The molecule has 0 bridgehead atoms. The molecule has 0 radical (unpaired) electrons. The lowest BCUT2D eigenvalue weighted by Gasteiger charge is -2.34. The minimum absolute atomic E-state index is 0.306. The molecule has 34 heavy (non-hydrogen) atoms. The highest BCUT2D eigenvalue weighted by Crippen LogP contribution is 2.34. The summed E-state index contributed by atoms with van der Waals surface area (Å²) in [4.78, 5) is 18.0.